The average molecular weight is 530 g/mol. The van der Waals surface area contributed by atoms with Gasteiger partial charge in [0.2, 0.25) is 0 Å². The number of hydrazine groups is 1. The summed E-state index contributed by atoms with van der Waals surface area (Å²) in [5.74, 6) is 0. The summed E-state index contributed by atoms with van der Waals surface area (Å²) >= 11 is 0. The maximum Gasteiger partial charge on any atom is 0.153 e. The molecule has 3 aromatic rings. The summed E-state index contributed by atoms with van der Waals surface area (Å²) in [6.07, 6.45) is 2.62. The second-order valence-corrected chi connectivity index (χ2v) is 11.3. The van der Waals surface area contributed by atoms with Gasteiger partial charge in [-0.2, -0.15) is 0 Å². The van der Waals surface area contributed by atoms with Gasteiger partial charge in [-0.15, -0.1) is 0 Å². The van der Waals surface area contributed by atoms with Gasteiger partial charge >= 0.3 is 0 Å². The molecule has 0 amide bonds. The van der Waals surface area contributed by atoms with Crippen LogP contribution in [0.5, 0.6) is 0 Å². The molecule has 8 heteroatoms. The first-order valence-electron chi connectivity index (χ1n) is 14.3. The molecule has 0 aliphatic carbocycles. The third-order valence-electron chi connectivity index (χ3n) is 8.31. The minimum absolute atomic E-state index is 0.546. The zero-order valence-electron chi connectivity index (χ0n) is 24.1. The van der Waals surface area contributed by atoms with E-state index in [1.54, 1.807) is 6.20 Å². The lowest BCUT2D eigenvalue weighted by molar-refractivity contribution is 0.112. The highest BCUT2D eigenvalue weighted by atomic mass is 16.1. The van der Waals surface area contributed by atoms with E-state index in [2.05, 4.69) is 77.0 Å². The van der Waals surface area contributed by atoms with Crippen molar-refractivity contribution in [2.45, 2.75) is 39.8 Å². The van der Waals surface area contributed by atoms with Crippen LogP contribution in [0.1, 0.15) is 38.1 Å². The van der Waals surface area contributed by atoms with Gasteiger partial charge in [0.05, 0.1) is 28.1 Å². The number of hydrogen-bond acceptors (Lipinski definition) is 8. The van der Waals surface area contributed by atoms with E-state index in [4.69, 9.17) is 4.98 Å². The molecule has 2 saturated heterocycles. The van der Waals surface area contributed by atoms with Crippen molar-refractivity contribution in [2.75, 3.05) is 79.6 Å². The van der Waals surface area contributed by atoms with Crippen molar-refractivity contribution in [3.05, 3.63) is 54.2 Å². The summed E-state index contributed by atoms with van der Waals surface area (Å²) in [4.78, 5) is 27.1. The highest BCUT2D eigenvalue weighted by molar-refractivity contribution is 6.06. The number of benzene rings is 2. The molecule has 2 aromatic carbocycles. The number of fused-ring (bicyclic) bond motifs is 1. The number of rotatable bonds is 8. The lowest BCUT2D eigenvalue weighted by Gasteiger charge is -2.40. The topological polar surface area (TPSA) is 58.2 Å². The number of carbonyl (C=O) groups excluding carboxylic acids is 1. The maximum absolute atomic E-state index is 12.2. The van der Waals surface area contributed by atoms with Gasteiger partial charge in [-0.05, 0) is 52.0 Å². The van der Waals surface area contributed by atoms with E-state index in [9.17, 15) is 4.79 Å². The van der Waals surface area contributed by atoms with Crippen LogP contribution in [0.2, 0.25) is 0 Å². The van der Waals surface area contributed by atoms with Gasteiger partial charge < -0.3 is 9.80 Å². The molecule has 39 heavy (non-hydrogen) atoms. The fraction of sp³-hybridized carbons (Fsp3) is 0.484. The number of nitrogens with one attached hydrogen (secondary N) is 1. The van der Waals surface area contributed by atoms with Gasteiger partial charge in [0.25, 0.3) is 0 Å². The van der Waals surface area contributed by atoms with E-state index < -0.39 is 0 Å². The standard InChI is InChI=1S/C31H43N7O/c1-23(2)35-11-15-37(16-12-35)27-19-28-30(33-34(5)26-9-7-6-8-10-26)25(22-39)21-32-31(28)29(20-27)38-17-13-36(14-18-38)24(3)4/h6-10,19-24H,11-18H2,1-5H3,(H,32,33). The Morgan fingerprint density at radius 2 is 1.44 bits per heavy atom. The molecule has 1 aromatic heterocycles. The molecule has 0 unspecified atom stereocenters. The van der Waals surface area contributed by atoms with Crippen molar-refractivity contribution in [1.82, 2.24) is 14.8 Å². The summed E-state index contributed by atoms with van der Waals surface area (Å²) in [5.41, 5.74) is 9.19. The molecule has 8 nitrogen and oxygen atoms in total. The van der Waals surface area contributed by atoms with Gasteiger partial charge in [0.15, 0.2) is 6.29 Å². The first-order chi connectivity index (χ1) is 18.9. The van der Waals surface area contributed by atoms with E-state index in [-0.39, 0.29) is 0 Å². The van der Waals surface area contributed by atoms with Gasteiger partial charge in [0.1, 0.15) is 0 Å². The van der Waals surface area contributed by atoms with Crippen LogP contribution >= 0.6 is 0 Å². The highest BCUT2D eigenvalue weighted by Gasteiger charge is 2.25. The maximum atomic E-state index is 12.2. The van der Waals surface area contributed by atoms with Crippen LogP contribution in [-0.2, 0) is 0 Å². The van der Waals surface area contributed by atoms with Crippen LogP contribution in [-0.4, -0.2) is 92.6 Å². The number of carbonyl (C=O) groups is 1. The number of aromatic nitrogens is 1. The Morgan fingerprint density at radius 3 is 2.00 bits per heavy atom. The van der Waals surface area contributed by atoms with E-state index >= 15 is 0 Å². The summed E-state index contributed by atoms with van der Waals surface area (Å²) < 4.78 is 0. The summed E-state index contributed by atoms with van der Waals surface area (Å²) in [6, 6.07) is 15.8. The molecule has 0 atom stereocenters. The second-order valence-electron chi connectivity index (χ2n) is 11.3. The van der Waals surface area contributed by atoms with Crippen molar-refractivity contribution in [1.29, 1.82) is 0 Å². The molecular weight excluding hydrogens is 486 g/mol. The predicted octanol–water partition coefficient (Wildman–Crippen LogP) is 4.57. The molecule has 2 aliphatic heterocycles. The lowest BCUT2D eigenvalue weighted by Crippen LogP contribution is -2.49. The molecule has 2 fully saturated rings. The normalized spacial score (nSPS) is 17.3. The van der Waals surface area contributed by atoms with Crippen molar-refractivity contribution in [3.8, 4) is 0 Å². The molecule has 0 spiro atoms. The Morgan fingerprint density at radius 1 is 0.846 bits per heavy atom. The van der Waals surface area contributed by atoms with Crippen LogP contribution < -0.4 is 20.2 Å². The van der Waals surface area contributed by atoms with E-state index in [1.165, 1.54) is 5.69 Å². The fourth-order valence-corrected chi connectivity index (χ4v) is 5.78. The molecule has 0 saturated carbocycles. The Bertz CT molecular complexity index is 1260. The SMILES string of the molecule is CC(C)N1CCN(c2cc(N3CCN(C(C)C)CC3)c3ncc(C=O)c(NN(C)c4ccccc4)c3c2)CC1. The average Bonchev–Trinajstić information content (AvgIpc) is 2.97. The molecule has 1 N–H and O–H groups in total. The van der Waals surface area contributed by atoms with Crippen LogP contribution in [0, 0.1) is 0 Å². The number of hydrogen-bond donors (Lipinski definition) is 1. The van der Waals surface area contributed by atoms with Crippen molar-refractivity contribution in [2.24, 2.45) is 0 Å². The first kappa shape index (κ1) is 27.2. The minimum atomic E-state index is 0.546. The van der Waals surface area contributed by atoms with E-state index in [1.807, 2.05) is 30.3 Å². The van der Waals surface area contributed by atoms with Gasteiger partial charge in [0, 0.05) is 88.8 Å². The van der Waals surface area contributed by atoms with Crippen molar-refractivity contribution in [3.63, 3.8) is 0 Å². The smallest absolute Gasteiger partial charge is 0.153 e. The Labute approximate surface area is 233 Å². The van der Waals surface area contributed by atoms with E-state index in [0.29, 0.717) is 17.6 Å². The van der Waals surface area contributed by atoms with Crippen molar-refractivity contribution < 1.29 is 4.79 Å². The van der Waals surface area contributed by atoms with Crippen LogP contribution in [0.25, 0.3) is 10.9 Å². The van der Waals surface area contributed by atoms with Crippen LogP contribution in [0.4, 0.5) is 22.7 Å². The predicted molar refractivity (Wildman–Crippen MR) is 163 cm³/mol. The van der Waals surface area contributed by atoms with E-state index in [0.717, 1.165) is 86.6 Å². The van der Waals surface area contributed by atoms with Gasteiger partial charge in [-0.1, -0.05) is 18.2 Å². The number of piperazine rings is 2. The third-order valence-corrected chi connectivity index (χ3v) is 8.31. The van der Waals surface area contributed by atoms with Crippen LogP contribution in [0.3, 0.4) is 0 Å². The number of anilines is 4. The highest BCUT2D eigenvalue weighted by Crippen LogP contribution is 2.37. The Kier molecular flexibility index (Phi) is 8.23. The Balaban J connectivity index is 1.57. The monoisotopic (exact) mass is 529 g/mol. The number of nitrogens with zero attached hydrogens (tertiary/aromatic N) is 6. The lowest BCUT2D eigenvalue weighted by atomic mass is 10.1. The second kappa shape index (κ2) is 11.8. The summed E-state index contributed by atoms with van der Waals surface area (Å²) in [6.45, 7) is 17.1. The van der Waals surface area contributed by atoms with Gasteiger partial charge in [-0.25, -0.2) is 0 Å². The fourth-order valence-electron chi connectivity index (χ4n) is 5.78. The molecule has 2 aliphatic rings. The number of pyridine rings is 1. The van der Waals surface area contributed by atoms with Crippen LogP contribution in [0.15, 0.2) is 48.7 Å². The molecule has 208 valence electrons. The zero-order chi connectivity index (χ0) is 27.5. The van der Waals surface area contributed by atoms with Crippen molar-refractivity contribution >= 4 is 39.9 Å². The molecule has 0 bridgehead atoms. The Hall–Kier alpha value is -3.36. The quantitative estimate of drug-likeness (QED) is 0.336. The summed E-state index contributed by atoms with van der Waals surface area (Å²) in [5, 5.41) is 2.95. The summed E-state index contributed by atoms with van der Waals surface area (Å²) in [7, 11) is 1.98. The third kappa shape index (κ3) is 5.82. The first-order valence-corrected chi connectivity index (χ1v) is 14.3. The number of para-hydroxylation sites is 1. The largest absolute Gasteiger partial charge is 0.369 e. The molecule has 0 radical (unpaired) electrons. The molecular formula is C31H43N7O. The molecule has 5 rings (SSSR count). The zero-order valence-corrected chi connectivity index (χ0v) is 24.1. The number of aldehydes is 1. The minimum Gasteiger partial charge on any atom is -0.369 e. The van der Waals surface area contributed by atoms with Gasteiger partial charge in [-0.3, -0.25) is 30.0 Å². The molecule has 3 heterocycles.